The van der Waals surface area contributed by atoms with Crippen LogP contribution in [0.5, 0.6) is 5.75 Å². The molecule has 2 rings (SSSR count). The topological polar surface area (TPSA) is 88.1 Å². The fourth-order valence-corrected chi connectivity index (χ4v) is 2.46. The number of ether oxygens (including phenoxy) is 2. The van der Waals surface area contributed by atoms with E-state index in [0.29, 0.717) is 5.75 Å². The number of nitrogens with one attached hydrogen (secondary N) is 1. The fourth-order valence-electron chi connectivity index (χ4n) is 2.46. The van der Waals surface area contributed by atoms with E-state index in [4.69, 9.17) is 9.47 Å². The van der Waals surface area contributed by atoms with Crippen molar-refractivity contribution in [2.75, 3.05) is 26.9 Å². The van der Waals surface area contributed by atoms with Gasteiger partial charge >= 0.3 is 6.03 Å². The average molecular weight is 322 g/mol. The zero-order chi connectivity index (χ0) is 17.0. The zero-order valence-corrected chi connectivity index (χ0v) is 13.5. The molecule has 2 atom stereocenters. The summed E-state index contributed by atoms with van der Waals surface area (Å²) in [6.45, 7) is 3.46. The highest BCUT2D eigenvalue weighted by atomic mass is 16.5. The van der Waals surface area contributed by atoms with Crippen molar-refractivity contribution in [3.8, 4) is 5.75 Å². The molecule has 1 aliphatic rings. The van der Waals surface area contributed by atoms with E-state index in [1.54, 1.807) is 13.0 Å². The van der Waals surface area contributed by atoms with Gasteiger partial charge in [0, 0.05) is 7.11 Å². The third-order valence-electron chi connectivity index (χ3n) is 3.60. The molecule has 2 unspecified atom stereocenters. The molecule has 0 bridgehead atoms. The number of methoxy groups -OCH3 is 1. The summed E-state index contributed by atoms with van der Waals surface area (Å²) in [7, 11) is 1.46. The number of aliphatic hydroxyl groups is 1. The second-order valence-corrected chi connectivity index (χ2v) is 5.89. The van der Waals surface area contributed by atoms with E-state index in [0.717, 1.165) is 10.5 Å². The number of urea groups is 1. The van der Waals surface area contributed by atoms with Crippen LogP contribution in [0.25, 0.3) is 0 Å². The van der Waals surface area contributed by atoms with Gasteiger partial charge in [0.05, 0.1) is 13.2 Å². The van der Waals surface area contributed by atoms with Gasteiger partial charge in [0.1, 0.15) is 24.0 Å². The molecule has 0 radical (unpaired) electrons. The molecule has 2 N–H and O–H groups in total. The number of carbonyl (C=O) groups is 2. The van der Waals surface area contributed by atoms with Gasteiger partial charge in [-0.2, -0.15) is 0 Å². The van der Waals surface area contributed by atoms with Crippen LogP contribution in [0.15, 0.2) is 24.3 Å². The molecule has 1 aromatic carbocycles. The van der Waals surface area contributed by atoms with Gasteiger partial charge in [0.25, 0.3) is 5.91 Å². The number of benzene rings is 1. The third-order valence-corrected chi connectivity index (χ3v) is 3.60. The van der Waals surface area contributed by atoms with Crippen LogP contribution in [0.3, 0.4) is 0 Å². The Labute approximate surface area is 135 Å². The SMILES string of the molecule is COCC1(C)NC(=O)N(CC(O)COc2cccc(C)c2)C1=O. The number of aryl methyl sites for hydroxylation is 1. The Bertz CT molecular complexity index is 592. The van der Waals surface area contributed by atoms with Crippen LogP contribution in [-0.2, 0) is 9.53 Å². The van der Waals surface area contributed by atoms with Crippen LogP contribution in [0.4, 0.5) is 4.79 Å². The quantitative estimate of drug-likeness (QED) is 0.721. The molecule has 0 aromatic heterocycles. The van der Waals surface area contributed by atoms with Crippen LogP contribution in [0.2, 0.25) is 0 Å². The molecular weight excluding hydrogens is 300 g/mol. The Morgan fingerprint density at radius 3 is 2.78 bits per heavy atom. The largest absolute Gasteiger partial charge is 0.491 e. The summed E-state index contributed by atoms with van der Waals surface area (Å²) in [4.78, 5) is 25.2. The normalized spacial score (nSPS) is 22.2. The van der Waals surface area contributed by atoms with Gasteiger partial charge in [-0.25, -0.2) is 4.79 Å². The van der Waals surface area contributed by atoms with Crippen molar-refractivity contribution in [1.29, 1.82) is 0 Å². The molecule has 3 amide bonds. The summed E-state index contributed by atoms with van der Waals surface area (Å²) in [5.41, 5.74) is -0.0513. The number of β-amino-alcohol motifs (C(OH)–C–C–N with tert-alkyl or cyclic N) is 1. The highest BCUT2D eigenvalue weighted by Gasteiger charge is 2.48. The van der Waals surface area contributed by atoms with E-state index in [1.165, 1.54) is 7.11 Å². The van der Waals surface area contributed by atoms with Crippen LogP contribution < -0.4 is 10.1 Å². The molecule has 23 heavy (non-hydrogen) atoms. The predicted octanol–water partition coefficient (Wildman–Crippen LogP) is 0.692. The fraction of sp³-hybridized carbons (Fsp3) is 0.500. The van der Waals surface area contributed by atoms with Crippen molar-refractivity contribution in [2.45, 2.75) is 25.5 Å². The first-order chi connectivity index (χ1) is 10.9. The Balaban J connectivity index is 1.91. The zero-order valence-electron chi connectivity index (χ0n) is 13.5. The molecule has 1 aliphatic heterocycles. The molecule has 1 heterocycles. The second kappa shape index (κ2) is 6.97. The maximum absolute atomic E-state index is 12.3. The Morgan fingerprint density at radius 2 is 2.13 bits per heavy atom. The highest BCUT2D eigenvalue weighted by Crippen LogP contribution is 2.18. The average Bonchev–Trinajstić information content (AvgIpc) is 2.69. The lowest BCUT2D eigenvalue weighted by atomic mass is 10.0. The van der Waals surface area contributed by atoms with Crippen molar-refractivity contribution in [2.24, 2.45) is 0 Å². The molecule has 126 valence electrons. The molecule has 7 nitrogen and oxygen atoms in total. The number of hydrogen-bond donors (Lipinski definition) is 2. The summed E-state index contributed by atoms with van der Waals surface area (Å²) in [5, 5.41) is 12.6. The van der Waals surface area contributed by atoms with Crippen molar-refractivity contribution in [1.82, 2.24) is 10.2 Å². The number of amides is 3. The van der Waals surface area contributed by atoms with Gasteiger partial charge in [-0.1, -0.05) is 12.1 Å². The molecule has 1 saturated heterocycles. The van der Waals surface area contributed by atoms with Crippen molar-refractivity contribution in [3.63, 3.8) is 0 Å². The van der Waals surface area contributed by atoms with Gasteiger partial charge in [-0.3, -0.25) is 9.69 Å². The first kappa shape index (κ1) is 17.2. The molecule has 0 aliphatic carbocycles. The van der Waals surface area contributed by atoms with Gasteiger partial charge in [-0.05, 0) is 31.5 Å². The number of hydrogen-bond acceptors (Lipinski definition) is 5. The first-order valence-electron chi connectivity index (χ1n) is 7.36. The Hall–Kier alpha value is -2.12. The van der Waals surface area contributed by atoms with Crippen LogP contribution in [0.1, 0.15) is 12.5 Å². The van der Waals surface area contributed by atoms with Crippen molar-refractivity contribution in [3.05, 3.63) is 29.8 Å². The van der Waals surface area contributed by atoms with Gasteiger partial charge in [0.15, 0.2) is 0 Å². The lowest BCUT2D eigenvalue weighted by Gasteiger charge is -2.21. The lowest BCUT2D eigenvalue weighted by Crippen LogP contribution is -2.48. The maximum atomic E-state index is 12.3. The molecular formula is C16H22N2O5. The maximum Gasteiger partial charge on any atom is 0.325 e. The Morgan fingerprint density at radius 1 is 1.39 bits per heavy atom. The van der Waals surface area contributed by atoms with Crippen LogP contribution in [-0.4, -0.2) is 60.5 Å². The van der Waals surface area contributed by atoms with Gasteiger partial charge in [-0.15, -0.1) is 0 Å². The van der Waals surface area contributed by atoms with E-state index in [-0.39, 0.29) is 19.8 Å². The number of aliphatic hydroxyl groups excluding tert-OH is 1. The summed E-state index contributed by atoms with van der Waals surface area (Å²) in [5.74, 6) is 0.212. The van der Waals surface area contributed by atoms with E-state index in [9.17, 15) is 14.7 Å². The first-order valence-corrected chi connectivity index (χ1v) is 7.36. The Kier molecular flexibility index (Phi) is 5.23. The number of nitrogens with zero attached hydrogens (tertiary/aromatic N) is 1. The molecule has 1 fully saturated rings. The van der Waals surface area contributed by atoms with E-state index < -0.39 is 23.6 Å². The van der Waals surface area contributed by atoms with Gasteiger partial charge < -0.3 is 19.9 Å². The minimum absolute atomic E-state index is 0.0124. The lowest BCUT2D eigenvalue weighted by molar-refractivity contribution is -0.133. The highest BCUT2D eigenvalue weighted by molar-refractivity contribution is 6.06. The van der Waals surface area contributed by atoms with Crippen LogP contribution >= 0.6 is 0 Å². The summed E-state index contributed by atoms with van der Waals surface area (Å²) in [6, 6.07) is 6.88. The van der Waals surface area contributed by atoms with E-state index >= 15 is 0 Å². The monoisotopic (exact) mass is 322 g/mol. The minimum atomic E-state index is -1.09. The summed E-state index contributed by atoms with van der Waals surface area (Å²) >= 11 is 0. The second-order valence-electron chi connectivity index (χ2n) is 5.89. The van der Waals surface area contributed by atoms with Crippen LogP contribution in [0, 0.1) is 6.92 Å². The smallest absolute Gasteiger partial charge is 0.325 e. The molecule has 7 heteroatoms. The number of imide groups is 1. The summed E-state index contributed by atoms with van der Waals surface area (Å²) in [6.07, 6.45) is -0.977. The molecule has 0 saturated carbocycles. The van der Waals surface area contributed by atoms with E-state index in [2.05, 4.69) is 5.32 Å². The number of carbonyl (C=O) groups excluding carboxylic acids is 2. The number of rotatable bonds is 7. The van der Waals surface area contributed by atoms with E-state index in [1.807, 2.05) is 25.1 Å². The predicted molar refractivity (Wildman–Crippen MR) is 83.2 cm³/mol. The summed E-state index contributed by atoms with van der Waals surface area (Å²) < 4.78 is 10.5. The van der Waals surface area contributed by atoms with Gasteiger partial charge in [0.2, 0.25) is 0 Å². The third kappa shape index (κ3) is 4.00. The molecule has 1 aromatic rings. The minimum Gasteiger partial charge on any atom is -0.491 e. The van der Waals surface area contributed by atoms with Crippen molar-refractivity contribution >= 4 is 11.9 Å². The van der Waals surface area contributed by atoms with Crippen molar-refractivity contribution < 1.29 is 24.2 Å². The molecule has 0 spiro atoms. The standard InChI is InChI=1S/C16H22N2O5/c1-11-5-4-6-13(7-11)23-9-12(19)8-18-14(20)16(2,10-22-3)17-15(18)21/h4-7,12,19H,8-10H2,1-3H3,(H,17,21).